The van der Waals surface area contributed by atoms with Crippen LogP contribution in [0.3, 0.4) is 0 Å². The largest absolute Gasteiger partial charge is 0.573 e. The molecule has 0 N–H and O–H groups in total. The molecule has 1 aliphatic rings. The summed E-state index contributed by atoms with van der Waals surface area (Å²) >= 11 is 1.21. The Balaban J connectivity index is 0.00000280. The minimum Gasteiger partial charge on any atom is -0.406 e. The van der Waals surface area contributed by atoms with E-state index in [1.54, 1.807) is 4.90 Å². The topological polar surface area (TPSA) is 45.7 Å². The van der Waals surface area contributed by atoms with Crippen LogP contribution >= 0.6 is 23.7 Å². The van der Waals surface area contributed by atoms with Crippen molar-refractivity contribution in [1.82, 2.24) is 9.88 Å². The Hall–Kier alpha value is -1.58. The molecule has 0 radical (unpaired) electrons. The SMILES string of the molecule is CN(C)CCN(C(=O)C1CCCC1)c1nc2ccc(OC(F)(F)F)cc2s1.Cl. The lowest BCUT2D eigenvalue weighted by Crippen LogP contribution is -2.39. The average molecular weight is 438 g/mol. The molecule has 5 nitrogen and oxygen atoms in total. The van der Waals surface area contributed by atoms with Crippen LogP contribution in [-0.4, -0.2) is 49.3 Å². The third kappa shape index (κ3) is 5.71. The van der Waals surface area contributed by atoms with Crippen molar-refractivity contribution in [3.63, 3.8) is 0 Å². The Kier molecular flexibility index (Phi) is 7.52. The number of amides is 1. The minimum absolute atomic E-state index is 0. The second kappa shape index (κ2) is 9.28. The second-order valence-electron chi connectivity index (χ2n) is 6.95. The van der Waals surface area contributed by atoms with Gasteiger partial charge in [-0.1, -0.05) is 24.2 Å². The number of rotatable bonds is 6. The van der Waals surface area contributed by atoms with Crippen LogP contribution < -0.4 is 9.64 Å². The lowest BCUT2D eigenvalue weighted by Gasteiger charge is -2.24. The molecule has 0 saturated heterocycles. The normalized spacial score (nSPS) is 15.1. The van der Waals surface area contributed by atoms with E-state index in [9.17, 15) is 18.0 Å². The fourth-order valence-electron chi connectivity index (χ4n) is 3.20. The van der Waals surface area contributed by atoms with Crippen molar-refractivity contribution in [2.24, 2.45) is 5.92 Å². The molecule has 3 rings (SSSR count). The van der Waals surface area contributed by atoms with E-state index >= 15 is 0 Å². The number of nitrogens with zero attached hydrogens (tertiary/aromatic N) is 3. The number of anilines is 1. The number of benzene rings is 1. The maximum Gasteiger partial charge on any atom is 0.573 e. The van der Waals surface area contributed by atoms with Crippen molar-refractivity contribution in [2.45, 2.75) is 32.0 Å². The van der Waals surface area contributed by atoms with E-state index < -0.39 is 6.36 Å². The van der Waals surface area contributed by atoms with E-state index in [4.69, 9.17) is 0 Å². The van der Waals surface area contributed by atoms with Gasteiger partial charge in [0.15, 0.2) is 5.13 Å². The number of alkyl halides is 3. The summed E-state index contributed by atoms with van der Waals surface area (Å²) in [4.78, 5) is 21.1. The highest BCUT2D eigenvalue weighted by Crippen LogP contribution is 2.35. The summed E-state index contributed by atoms with van der Waals surface area (Å²) in [6, 6.07) is 4.04. The summed E-state index contributed by atoms with van der Waals surface area (Å²) in [5.74, 6) is -0.226. The van der Waals surface area contributed by atoms with Crippen molar-refractivity contribution in [3.05, 3.63) is 18.2 Å². The van der Waals surface area contributed by atoms with Gasteiger partial charge in [0.1, 0.15) is 5.75 Å². The third-order valence-corrected chi connectivity index (χ3v) is 5.60. The predicted octanol–water partition coefficient (Wildman–Crippen LogP) is 4.70. The van der Waals surface area contributed by atoms with Gasteiger partial charge in [-0.25, -0.2) is 4.98 Å². The second-order valence-corrected chi connectivity index (χ2v) is 7.96. The molecule has 0 atom stereocenters. The van der Waals surface area contributed by atoms with Crippen molar-refractivity contribution < 1.29 is 22.7 Å². The van der Waals surface area contributed by atoms with Crippen LogP contribution in [0.4, 0.5) is 18.3 Å². The molecule has 1 amide bonds. The number of hydrogen-bond acceptors (Lipinski definition) is 5. The first kappa shape index (κ1) is 22.7. The molecule has 0 bridgehead atoms. The van der Waals surface area contributed by atoms with Crippen LogP contribution in [0.5, 0.6) is 5.75 Å². The third-order valence-electron chi connectivity index (χ3n) is 4.55. The maximum atomic E-state index is 13.0. The molecular weight excluding hydrogens is 415 g/mol. The van der Waals surface area contributed by atoms with E-state index in [1.165, 1.54) is 29.5 Å². The Labute approximate surface area is 171 Å². The zero-order chi connectivity index (χ0) is 19.6. The van der Waals surface area contributed by atoms with Gasteiger partial charge in [0.25, 0.3) is 0 Å². The highest BCUT2D eigenvalue weighted by atomic mass is 35.5. The van der Waals surface area contributed by atoms with Crippen molar-refractivity contribution in [2.75, 3.05) is 32.1 Å². The Morgan fingerprint density at radius 2 is 1.93 bits per heavy atom. The van der Waals surface area contributed by atoms with Gasteiger partial charge in [0, 0.05) is 25.1 Å². The molecule has 1 aromatic carbocycles. The number of carbonyl (C=O) groups is 1. The summed E-state index contributed by atoms with van der Waals surface area (Å²) in [5, 5.41) is 0.521. The number of fused-ring (bicyclic) bond motifs is 1. The van der Waals surface area contributed by atoms with Gasteiger partial charge < -0.3 is 9.64 Å². The number of hydrogen-bond donors (Lipinski definition) is 0. The molecular formula is C18H23ClF3N3O2S. The van der Waals surface area contributed by atoms with Crippen LogP contribution in [0, 0.1) is 5.92 Å². The minimum atomic E-state index is -4.74. The fourth-order valence-corrected chi connectivity index (χ4v) is 4.22. The van der Waals surface area contributed by atoms with Crippen molar-refractivity contribution >= 4 is 45.0 Å². The number of carbonyl (C=O) groups excluding carboxylic acids is 1. The van der Waals surface area contributed by atoms with E-state index in [2.05, 4.69) is 9.72 Å². The van der Waals surface area contributed by atoms with Crippen LogP contribution in [0.1, 0.15) is 25.7 Å². The molecule has 0 spiro atoms. The first-order valence-electron chi connectivity index (χ1n) is 8.85. The fraction of sp³-hybridized carbons (Fsp3) is 0.556. The quantitative estimate of drug-likeness (QED) is 0.657. The van der Waals surface area contributed by atoms with Gasteiger partial charge in [-0.15, -0.1) is 25.6 Å². The smallest absolute Gasteiger partial charge is 0.406 e. The van der Waals surface area contributed by atoms with E-state index in [0.29, 0.717) is 28.4 Å². The Morgan fingerprint density at radius 3 is 2.54 bits per heavy atom. The Bertz CT molecular complexity index is 807. The number of thiazole rings is 1. The lowest BCUT2D eigenvalue weighted by atomic mass is 10.1. The van der Waals surface area contributed by atoms with Gasteiger partial charge >= 0.3 is 6.36 Å². The number of aromatic nitrogens is 1. The molecule has 1 saturated carbocycles. The molecule has 1 aromatic heterocycles. The van der Waals surface area contributed by atoms with Crippen LogP contribution in [0.15, 0.2) is 18.2 Å². The van der Waals surface area contributed by atoms with Crippen molar-refractivity contribution in [3.8, 4) is 5.75 Å². The highest BCUT2D eigenvalue weighted by Gasteiger charge is 2.32. The molecule has 2 aromatic rings. The van der Waals surface area contributed by atoms with E-state index in [-0.39, 0.29) is 30.0 Å². The number of likely N-dealkylation sites (N-methyl/N-ethyl adjacent to an activating group) is 1. The molecule has 156 valence electrons. The predicted molar refractivity (Wildman–Crippen MR) is 106 cm³/mol. The zero-order valence-electron chi connectivity index (χ0n) is 15.7. The van der Waals surface area contributed by atoms with E-state index in [0.717, 1.165) is 25.7 Å². The number of ether oxygens (including phenoxy) is 1. The summed E-state index contributed by atoms with van der Waals surface area (Å²) < 4.78 is 41.8. The van der Waals surface area contributed by atoms with Crippen LogP contribution in [-0.2, 0) is 4.79 Å². The first-order valence-corrected chi connectivity index (χ1v) is 9.67. The summed E-state index contributed by atoms with van der Waals surface area (Å²) in [6.07, 6.45) is -0.874. The standard InChI is InChI=1S/C18H22F3N3O2S.ClH/c1-23(2)9-10-24(16(25)12-5-3-4-6-12)17-22-14-8-7-13(11-15(14)27-17)26-18(19,20)21;/h7-8,11-12H,3-6,9-10H2,1-2H3;1H. The average Bonchev–Trinajstić information content (AvgIpc) is 3.22. The molecule has 0 unspecified atom stereocenters. The van der Waals surface area contributed by atoms with Gasteiger partial charge in [-0.2, -0.15) is 0 Å². The monoisotopic (exact) mass is 437 g/mol. The summed E-state index contributed by atoms with van der Waals surface area (Å²) in [7, 11) is 3.86. The van der Waals surface area contributed by atoms with Gasteiger partial charge in [-0.05, 0) is 39.1 Å². The first-order chi connectivity index (χ1) is 12.7. The van der Waals surface area contributed by atoms with Gasteiger partial charge in [0.2, 0.25) is 5.91 Å². The Morgan fingerprint density at radius 1 is 1.25 bits per heavy atom. The number of halogens is 4. The van der Waals surface area contributed by atoms with Crippen molar-refractivity contribution in [1.29, 1.82) is 0 Å². The summed E-state index contributed by atoms with van der Waals surface area (Å²) in [5.41, 5.74) is 0.554. The summed E-state index contributed by atoms with van der Waals surface area (Å²) in [6.45, 7) is 1.17. The molecule has 1 heterocycles. The van der Waals surface area contributed by atoms with Crippen LogP contribution in [0.25, 0.3) is 10.2 Å². The van der Waals surface area contributed by atoms with Gasteiger partial charge in [-0.3, -0.25) is 9.69 Å². The molecule has 1 aliphatic carbocycles. The lowest BCUT2D eigenvalue weighted by molar-refractivity contribution is -0.274. The van der Waals surface area contributed by atoms with E-state index in [1.807, 2.05) is 19.0 Å². The van der Waals surface area contributed by atoms with Gasteiger partial charge in [0.05, 0.1) is 10.2 Å². The molecule has 0 aliphatic heterocycles. The highest BCUT2D eigenvalue weighted by molar-refractivity contribution is 7.22. The molecule has 28 heavy (non-hydrogen) atoms. The molecule has 1 fully saturated rings. The maximum absolute atomic E-state index is 13.0. The zero-order valence-corrected chi connectivity index (χ0v) is 17.3. The van der Waals surface area contributed by atoms with Crippen LogP contribution in [0.2, 0.25) is 0 Å². The molecule has 10 heteroatoms.